The molecule has 0 aliphatic heterocycles. The average Bonchev–Trinajstić information content (AvgIpc) is 2.07. The van der Waals surface area contributed by atoms with E-state index >= 15 is 0 Å². The summed E-state index contributed by atoms with van der Waals surface area (Å²) in [6, 6.07) is 4.29. The molecule has 0 unspecified atom stereocenters. The van der Waals surface area contributed by atoms with Crippen molar-refractivity contribution in [1.29, 1.82) is 0 Å². The van der Waals surface area contributed by atoms with E-state index in [9.17, 15) is 14.9 Å². The fourth-order valence-corrected chi connectivity index (χ4v) is 1.29. The smallest absolute Gasteiger partial charge is 0.274 e. The lowest BCUT2D eigenvalue weighted by Gasteiger charge is -2.00. The lowest BCUT2D eigenvalue weighted by molar-refractivity contribution is -0.385. The van der Waals surface area contributed by atoms with E-state index < -0.39 is 4.92 Å². The Hall–Kier alpha value is -1.42. The van der Waals surface area contributed by atoms with Crippen molar-refractivity contribution in [3.63, 3.8) is 0 Å². The van der Waals surface area contributed by atoms with Crippen LogP contribution in [0.2, 0.25) is 5.02 Å². The minimum Gasteiger partial charge on any atom is -0.300 e. The zero-order valence-electron chi connectivity index (χ0n) is 7.49. The van der Waals surface area contributed by atoms with Crippen molar-refractivity contribution < 1.29 is 9.72 Å². The number of ketones is 1. The van der Waals surface area contributed by atoms with Gasteiger partial charge in [0.05, 0.1) is 4.92 Å². The van der Waals surface area contributed by atoms with Gasteiger partial charge in [-0.15, -0.1) is 0 Å². The van der Waals surface area contributed by atoms with Crippen LogP contribution in [-0.2, 0) is 11.2 Å². The van der Waals surface area contributed by atoms with Gasteiger partial charge in [-0.2, -0.15) is 0 Å². The molecule has 0 atom stereocenters. The number of halogens is 1. The van der Waals surface area contributed by atoms with Gasteiger partial charge in [-0.1, -0.05) is 17.7 Å². The second kappa shape index (κ2) is 4.19. The van der Waals surface area contributed by atoms with Crippen molar-refractivity contribution in [2.45, 2.75) is 13.3 Å². The molecule has 74 valence electrons. The van der Waals surface area contributed by atoms with E-state index in [1.165, 1.54) is 25.1 Å². The summed E-state index contributed by atoms with van der Waals surface area (Å²) in [6.45, 7) is 1.39. The van der Waals surface area contributed by atoms with Gasteiger partial charge in [-0.25, -0.2) is 0 Å². The molecule has 0 aliphatic rings. The second-order valence-electron chi connectivity index (χ2n) is 2.91. The lowest BCUT2D eigenvalue weighted by atomic mass is 10.1. The van der Waals surface area contributed by atoms with Crippen LogP contribution in [0, 0.1) is 10.1 Å². The highest BCUT2D eigenvalue weighted by atomic mass is 35.5. The lowest BCUT2D eigenvalue weighted by Crippen LogP contribution is -2.01. The number of hydrogen-bond donors (Lipinski definition) is 0. The Balaban J connectivity index is 3.14. The van der Waals surface area contributed by atoms with Crippen molar-refractivity contribution in [3.05, 3.63) is 38.9 Å². The summed E-state index contributed by atoms with van der Waals surface area (Å²) >= 11 is 5.61. The SMILES string of the molecule is CC(=O)Cc1ccc(Cl)cc1[N+](=O)[O-]. The molecule has 1 rings (SSSR count). The third-order valence-corrected chi connectivity index (χ3v) is 1.92. The van der Waals surface area contributed by atoms with Crippen molar-refractivity contribution in [3.8, 4) is 0 Å². The van der Waals surface area contributed by atoms with Gasteiger partial charge in [-0.05, 0) is 13.0 Å². The van der Waals surface area contributed by atoms with Gasteiger partial charge in [0.1, 0.15) is 5.78 Å². The van der Waals surface area contributed by atoms with Gasteiger partial charge in [0.15, 0.2) is 0 Å². The maximum absolute atomic E-state index is 10.8. The summed E-state index contributed by atoms with van der Waals surface area (Å²) in [5.74, 6) is -0.115. The predicted molar refractivity (Wildman–Crippen MR) is 52.5 cm³/mol. The monoisotopic (exact) mass is 213 g/mol. The summed E-state index contributed by atoms with van der Waals surface area (Å²) in [6.07, 6.45) is 0.0630. The number of nitro benzene ring substituents is 1. The topological polar surface area (TPSA) is 60.2 Å². The number of Topliss-reactive ketones (excluding diaryl/α,β-unsaturated/α-hetero) is 1. The first kappa shape index (κ1) is 10.7. The Morgan fingerprint density at radius 3 is 2.71 bits per heavy atom. The molecule has 0 bridgehead atoms. The summed E-state index contributed by atoms with van der Waals surface area (Å²) in [7, 11) is 0. The van der Waals surface area contributed by atoms with Crippen molar-refractivity contribution >= 4 is 23.1 Å². The molecule has 0 saturated carbocycles. The van der Waals surface area contributed by atoms with Crippen LogP contribution in [0.15, 0.2) is 18.2 Å². The molecule has 14 heavy (non-hydrogen) atoms. The molecule has 0 spiro atoms. The van der Waals surface area contributed by atoms with Crippen LogP contribution in [0.25, 0.3) is 0 Å². The minimum absolute atomic E-state index is 0.0630. The first-order chi connectivity index (χ1) is 6.50. The van der Waals surface area contributed by atoms with Gasteiger partial charge in [-0.3, -0.25) is 14.9 Å². The molecule has 1 aromatic carbocycles. The van der Waals surface area contributed by atoms with Gasteiger partial charge in [0.25, 0.3) is 5.69 Å². The number of carbonyl (C=O) groups is 1. The van der Waals surface area contributed by atoms with E-state index in [1.807, 2.05) is 0 Å². The van der Waals surface area contributed by atoms with Crippen LogP contribution in [-0.4, -0.2) is 10.7 Å². The molecule has 0 saturated heterocycles. The Morgan fingerprint density at radius 1 is 1.57 bits per heavy atom. The fraction of sp³-hybridized carbons (Fsp3) is 0.222. The molecule has 0 fully saturated rings. The van der Waals surface area contributed by atoms with E-state index in [1.54, 1.807) is 0 Å². The van der Waals surface area contributed by atoms with Crippen LogP contribution >= 0.6 is 11.6 Å². The van der Waals surface area contributed by atoms with Crippen LogP contribution in [0.1, 0.15) is 12.5 Å². The van der Waals surface area contributed by atoms with E-state index in [2.05, 4.69) is 0 Å². The Labute approximate surface area is 85.6 Å². The summed E-state index contributed by atoms with van der Waals surface area (Å²) in [5.41, 5.74) is 0.291. The van der Waals surface area contributed by atoms with Gasteiger partial charge in [0.2, 0.25) is 0 Å². The standard InChI is InChI=1S/C9H8ClNO3/c1-6(12)4-7-2-3-8(10)5-9(7)11(13)14/h2-3,5H,4H2,1H3. The van der Waals surface area contributed by atoms with E-state index in [0.717, 1.165) is 0 Å². The van der Waals surface area contributed by atoms with Crippen LogP contribution in [0.5, 0.6) is 0 Å². The molecule has 0 radical (unpaired) electrons. The molecule has 0 N–H and O–H groups in total. The van der Waals surface area contributed by atoms with Gasteiger partial charge >= 0.3 is 0 Å². The highest BCUT2D eigenvalue weighted by Gasteiger charge is 2.14. The van der Waals surface area contributed by atoms with Crippen LogP contribution < -0.4 is 0 Å². The Morgan fingerprint density at radius 2 is 2.21 bits per heavy atom. The molecule has 4 nitrogen and oxygen atoms in total. The number of hydrogen-bond acceptors (Lipinski definition) is 3. The van der Waals surface area contributed by atoms with Gasteiger partial charge < -0.3 is 0 Å². The molecule has 0 aliphatic carbocycles. The van der Waals surface area contributed by atoms with Crippen molar-refractivity contribution in [2.75, 3.05) is 0 Å². The van der Waals surface area contributed by atoms with Crippen molar-refractivity contribution in [1.82, 2.24) is 0 Å². The number of carbonyl (C=O) groups excluding carboxylic acids is 1. The normalized spacial score (nSPS) is 9.86. The molecule has 1 aromatic rings. The number of nitrogens with zero attached hydrogens (tertiary/aromatic N) is 1. The van der Waals surface area contributed by atoms with Crippen LogP contribution in [0.4, 0.5) is 5.69 Å². The van der Waals surface area contributed by atoms with Crippen molar-refractivity contribution in [2.24, 2.45) is 0 Å². The summed E-state index contributed by atoms with van der Waals surface area (Å²) < 4.78 is 0. The number of rotatable bonds is 3. The third kappa shape index (κ3) is 2.53. The Kier molecular flexibility index (Phi) is 3.19. The van der Waals surface area contributed by atoms with Crippen LogP contribution in [0.3, 0.4) is 0 Å². The van der Waals surface area contributed by atoms with E-state index in [0.29, 0.717) is 10.6 Å². The first-order valence-corrected chi connectivity index (χ1v) is 4.30. The zero-order valence-corrected chi connectivity index (χ0v) is 8.25. The average molecular weight is 214 g/mol. The fourth-order valence-electron chi connectivity index (χ4n) is 1.12. The highest BCUT2D eigenvalue weighted by Crippen LogP contribution is 2.23. The van der Waals surface area contributed by atoms with E-state index in [4.69, 9.17) is 11.6 Å². The maximum Gasteiger partial charge on any atom is 0.274 e. The quantitative estimate of drug-likeness (QED) is 0.572. The third-order valence-electron chi connectivity index (χ3n) is 1.68. The zero-order chi connectivity index (χ0) is 10.7. The molecule has 0 aromatic heterocycles. The maximum atomic E-state index is 10.8. The molecule has 5 heteroatoms. The largest absolute Gasteiger partial charge is 0.300 e. The summed E-state index contributed by atoms with van der Waals surface area (Å²) in [5, 5.41) is 10.9. The molecule has 0 amide bonds. The van der Waals surface area contributed by atoms with E-state index in [-0.39, 0.29) is 17.9 Å². The Bertz CT molecular complexity index is 390. The number of benzene rings is 1. The number of nitro groups is 1. The first-order valence-electron chi connectivity index (χ1n) is 3.93. The minimum atomic E-state index is -0.538. The molecular weight excluding hydrogens is 206 g/mol. The second-order valence-corrected chi connectivity index (χ2v) is 3.35. The summed E-state index contributed by atoms with van der Waals surface area (Å²) in [4.78, 5) is 20.9. The predicted octanol–water partition coefficient (Wildman–Crippen LogP) is 2.38. The highest BCUT2D eigenvalue weighted by molar-refractivity contribution is 6.30. The molecule has 0 heterocycles. The molecular formula is C9H8ClNO3. The van der Waals surface area contributed by atoms with Gasteiger partial charge in [0, 0.05) is 23.1 Å².